The predicted octanol–water partition coefficient (Wildman–Crippen LogP) is 6.07. The van der Waals surface area contributed by atoms with E-state index in [0.717, 1.165) is 6.34 Å². The third-order valence-corrected chi connectivity index (χ3v) is 6.41. The molecule has 7 nitrogen and oxygen atoms in total. The maximum Gasteiger partial charge on any atom is 0.416 e. The summed E-state index contributed by atoms with van der Waals surface area (Å²) in [7, 11) is 1.45. The summed E-state index contributed by atoms with van der Waals surface area (Å²) in [5.74, 6) is -0.102. The van der Waals surface area contributed by atoms with Crippen LogP contribution >= 0.6 is 0 Å². The van der Waals surface area contributed by atoms with Gasteiger partial charge in [-0.2, -0.15) is 26.3 Å². The summed E-state index contributed by atoms with van der Waals surface area (Å²) in [5, 5.41) is 0. The van der Waals surface area contributed by atoms with Crippen molar-refractivity contribution in [2.75, 3.05) is 7.05 Å². The average Bonchev–Trinajstić information content (AvgIpc) is 2.83. The second-order valence-corrected chi connectivity index (χ2v) is 9.49. The molecule has 1 aromatic carbocycles. The minimum atomic E-state index is -4.97. The average molecular weight is 552 g/mol. The van der Waals surface area contributed by atoms with Crippen molar-refractivity contribution in [2.24, 2.45) is 15.7 Å². The maximum atomic E-state index is 13.5. The van der Waals surface area contributed by atoms with Gasteiger partial charge < -0.3 is 20.3 Å². The predicted molar refractivity (Wildman–Crippen MR) is 133 cm³/mol. The van der Waals surface area contributed by atoms with Crippen molar-refractivity contribution in [3.8, 4) is 0 Å². The minimum Gasteiger partial charge on any atom is -0.447 e. The van der Waals surface area contributed by atoms with Gasteiger partial charge in [-0.25, -0.2) is 9.79 Å². The molecule has 0 bridgehead atoms. The SMILES string of the molecule is CC[C@@H]1CC(N(Cc2cc(C(F)(F)F)cc(C(F)(F)F)c2)C(N)=NC=NC)C[C@H](CC)N1C(=O)OC(C)C. The fourth-order valence-electron chi connectivity index (χ4n) is 4.69. The molecule has 13 heteroatoms. The fourth-order valence-corrected chi connectivity index (χ4v) is 4.69. The van der Waals surface area contributed by atoms with Gasteiger partial charge in [0, 0.05) is 31.7 Å². The van der Waals surface area contributed by atoms with Gasteiger partial charge in [-0.1, -0.05) is 13.8 Å². The lowest BCUT2D eigenvalue weighted by atomic mass is 9.87. The Morgan fingerprint density at radius 1 is 1.08 bits per heavy atom. The number of nitrogens with two attached hydrogens (primary N) is 1. The zero-order valence-electron chi connectivity index (χ0n) is 22.1. The smallest absolute Gasteiger partial charge is 0.416 e. The lowest BCUT2D eigenvalue weighted by Crippen LogP contribution is -2.58. The molecule has 1 aliphatic heterocycles. The van der Waals surface area contributed by atoms with Gasteiger partial charge in [0.05, 0.1) is 17.2 Å². The van der Waals surface area contributed by atoms with Crippen LogP contribution in [0.3, 0.4) is 0 Å². The van der Waals surface area contributed by atoms with Gasteiger partial charge >= 0.3 is 18.4 Å². The first-order chi connectivity index (χ1) is 17.6. The molecule has 38 heavy (non-hydrogen) atoms. The van der Waals surface area contributed by atoms with Gasteiger partial charge in [-0.3, -0.25) is 4.99 Å². The van der Waals surface area contributed by atoms with Gasteiger partial charge in [0.15, 0.2) is 5.96 Å². The van der Waals surface area contributed by atoms with E-state index >= 15 is 0 Å². The number of hydrogen-bond donors (Lipinski definition) is 1. The highest BCUT2D eigenvalue weighted by Crippen LogP contribution is 2.37. The third-order valence-electron chi connectivity index (χ3n) is 6.41. The van der Waals surface area contributed by atoms with Crippen LogP contribution in [-0.2, 0) is 23.6 Å². The molecule has 3 atom stereocenters. The molecule has 1 amide bonds. The molecular weight excluding hydrogens is 516 g/mol. The van der Waals surface area contributed by atoms with Gasteiger partial charge in [0.2, 0.25) is 0 Å². The van der Waals surface area contributed by atoms with E-state index < -0.39 is 35.6 Å². The molecular formula is C25H35F6N5O2. The topological polar surface area (TPSA) is 83.5 Å². The summed E-state index contributed by atoms with van der Waals surface area (Å²) < 4.78 is 86.2. The van der Waals surface area contributed by atoms with E-state index in [1.807, 2.05) is 13.8 Å². The normalized spacial score (nSPS) is 21.3. The molecule has 2 rings (SSSR count). The van der Waals surface area contributed by atoms with Crippen LogP contribution in [0.4, 0.5) is 31.1 Å². The summed E-state index contributed by atoms with van der Waals surface area (Å²) >= 11 is 0. The Kier molecular flexibility index (Phi) is 10.4. The maximum absolute atomic E-state index is 13.5. The Morgan fingerprint density at radius 2 is 1.58 bits per heavy atom. The molecule has 0 aliphatic carbocycles. The summed E-state index contributed by atoms with van der Waals surface area (Å²) in [6.45, 7) is 6.91. The van der Waals surface area contributed by atoms with E-state index in [1.165, 1.54) is 11.9 Å². The van der Waals surface area contributed by atoms with Crippen LogP contribution < -0.4 is 5.73 Å². The minimum absolute atomic E-state index is 0.0913. The molecule has 0 spiro atoms. The Balaban J connectivity index is 2.53. The first-order valence-electron chi connectivity index (χ1n) is 12.4. The van der Waals surface area contributed by atoms with Crippen LogP contribution in [-0.4, -0.2) is 59.5 Å². The van der Waals surface area contributed by atoms with E-state index in [2.05, 4.69) is 9.98 Å². The number of rotatable bonds is 7. The van der Waals surface area contributed by atoms with Crippen LogP contribution in [0.2, 0.25) is 0 Å². The first kappa shape index (κ1) is 31.2. The van der Waals surface area contributed by atoms with Crippen molar-refractivity contribution < 1.29 is 35.9 Å². The number of carbonyl (C=O) groups is 1. The van der Waals surface area contributed by atoms with Crippen molar-refractivity contribution in [2.45, 2.75) is 96.5 Å². The lowest BCUT2D eigenvalue weighted by molar-refractivity contribution is -0.143. The number of amides is 1. The van der Waals surface area contributed by atoms with E-state index in [4.69, 9.17) is 10.5 Å². The van der Waals surface area contributed by atoms with Crippen LogP contribution in [0.25, 0.3) is 0 Å². The number of nitrogens with zero attached hydrogens (tertiary/aromatic N) is 4. The summed E-state index contributed by atoms with van der Waals surface area (Å²) in [6, 6.07) is 0.472. The number of carbonyl (C=O) groups excluding carboxylic acids is 1. The Hall–Kier alpha value is -2.99. The molecule has 1 aromatic rings. The Bertz CT molecular complexity index is 963. The monoisotopic (exact) mass is 551 g/mol. The molecule has 0 radical (unpaired) electrons. The Labute approximate surface area is 218 Å². The second kappa shape index (κ2) is 12.7. The molecule has 1 saturated heterocycles. The molecule has 1 aliphatic rings. The molecule has 1 fully saturated rings. The van der Waals surface area contributed by atoms with Crippen molar-refractivity contribution in [3.05, 3.63) is 34.9 Å². The molecule has 0 saturated carbocycles. The standard InChI is InChI=1S/C25H35F6N5O2/c1-6-19-11-21(12-20(7-2)36(19)23(37)38-15(3)4)35(22(32)34-14-33-5)13-16-8-17(24(26,27)28)10-18(9-16)25(29,30)31/h8-10,14-15,19-21H,6-7,11-13H2,1-5H3,(H2,32,33,34)/t19-,20+,21?. The second-order valence-electron chi connectivity index (χ2n) is 9.49. The quantitative estimate of drug-likeness (QED) is 0.254. The lowest BCUT2D eigenvalue weighted by Gasteiger charge is -2.47. The number of piperidine rings is 1. The highest BCUT2D eigenvalue weighted by Gasteiger charge is 2.41. The van der Waals surface area contributed by atoms with Crippen LogP contribution in [0.1, 0.15) is 70.1 Å². The van der Waals surface area contributed by atoms with Crippen molar-refractivity contribution in [1.29, 1.82) is 0 Å². The largest absolute Gasteiger partial charge is 0.447 e. The van der Waals surface area contributed by atoms with E-state index in [0.29, 0.717) is 37.8 Å². The highest BCUT2D eigenvalue weighted by molar-refractivity contribution is 5.85. The van der Waals surface area contributed by atoms with Gasteiger partial charge in [-0.05, 0) is 63.3 Å². The molecule has 1 heterocycles. The van der Waals surface area contributed by atoms with Crippen molar-refractivity contribution in [1.82, 2.24) is 9.80 Å². The summed E-state index contributed by atoms with van der Waals surface area (Å²) in [5.41, 5.74) is 3.17. The fraction of sp³-hybridized carbons (Fsp3) is 0.640. The summed E-state index contributed by atoms with van der Waals surface area (Å²) in [4.78, 5) is 23.8. The molecule has 1 unspecified atom stereocenters. The van der Waals surface area contributed by atoms with E-state index in [1.54, 1.807) is 18.7 Å². The zero-order chi connectivity index (χ0) is 28.8. The van der Waals surface area contributed by atoms with E-state index in [-0.39, 0.29) is 42.3 Å². The van der Waals surface area contributed by atoms with Gasteiger partial charge in [-0.15, -0.1) is 0 Å². The van der Waals surface area contributed by atoms with Crippen molar-refractivity contribution in [3.63, 3.8) is 0 Å². The van der Waals surface area contributed by atoms with Gasteiger partial charge in [0.25, 0.3) is 0 Å². The number of likely N-dealkylation sites (tertiary alicyclic amines) is 1. The highest BCUT2D eigenvalue weighted by atomic mass is 19.4. The van der Waals surface area contributed by atoms with Crippen LogP contribution in [0.5, 0.6) is 0 Å². The number of ether oxygens (including phenoxy) is 1. The van der Waals surface area contributed by atoms with Gasteiger partial charge in [0.1, 0.15) is 6.34 Å². The van der Waals surface area contributed by atoms with Crippen LogP contribution in [0.15, 0.2) is 28.2 Å². The number of alkyl halides is 6. The molecule has 214 valence electrons. The number of hydrogen-bond acceptors (Lipinski definition) is 3. The molecule has 2 N–H and O–H groups in total. The van der Waals surface area contributed by atoms with Crippen molar-refractivity contribution >= 4 is 18.4 Å². The number of benzene rings is 1. The number of aliphatic imine (C=N–C) groups is 2. The number of guanidine groups is 1. The van der Waals surface area contributed by atoms with Crippen LogP contribution in [0, 0.1) is 0 Å². The zero-order valence-corrected chi connectivity index (χ0v) is 22.1. The first-order valence-corrected chi connectivity index (χ1v) is 12.4. The van der Waals surface area contributed by atoms with E-state index in [9.17, 15) is 31.1 Å². The summed E-state index contributed by atoms with van der Waals surface area (Å²) in [6.07, 6.45) is -7.74. The number of halogens is 6. The Morgan fingerprint density at radius 3 is 1.97 bits per heavy atom. The molecule has 0 aromatic heterocycles. The third kappa shape index (κ3) is 8.00.